The molecule has 1 aromatic carbocycles. The van der Waals surface area contributed by atoms with Gasteiger partial charge in [-0.3, -0.25) is 0 Å². The second kappa shape index (κ2) is 3.85. The number of carbonyl (C=O) groups excluding carboxylic acids is 1. The molecule has 64 valence electrons. The summed E-state index contributed by atoms with van der Waals surface area (Å²) in [4.78, 5) is 10.4. The van der Waals surface area contributed by atoms with Crippen LogP contribution >= 0.6 is 15.9 Å². The van der Waals surface area contributed by atoms with Gasteiger partial charge < -0.3 is 4.79 Å². The molecule has 0 saturated carbocycles. The number of aryl methyl sites for hydroxylation is 1. The molecule has 1 unspecified atom stereocenters. The number of alkyl halides is 1. The van der Waals surface area contributed by atoms with E-state index in [4.69, 9.17) is 0 Å². The Morgan fingerprint density at radius 2 is 2.08 bits per heavy atom. The third-order valence-corrected chi connectivity index (χ3v) is 2.77. The van der Waals surface area contributed by atoms with Crippen molar-refractivity contribution in [3.8, 4) is 0 Å². The van der Waals surface area contributed by atoms with Crippen LogP contribution in [0, 0.1) is 13.8 Å². The third-order valence-electron chi connectivity index (χ3n) is 2.06. The van der Waals surface area contributed by atoms with E-state index in [1.165, 1.54) is 11.1 Å². The minimum Gasteiger partial charge on any atom is -0.302 e. The molecule has 0 bridgehead atoms. The molecule has 0 heterocycles. The van der Waals surface area contributed by atoms with Crippen LogP contribution < -0.4 is 0 Å². The summed E-state index contributed by atoms with van der Waals surface area (Å²) in [6, 6.07) is 5.98. The van der Waals surface area contributed by atoms with Crippen molar-refractivity contribution in [3.63, 3.8) is 0 Å². The van der Waals surface area contributed by atoms with Crippen molar-refractivity contribution in [1.29, 1.82) is 0 Å². The Hall–Kier alpha value is -0.630. The van der Waals surface area contributed by atoms with Gasteiger partial charge in [-0.1, -0.05) is 34.1 Å². The topological polar surface area (TPSA) is 17.1 Å². The molecular weight excluding hydrogens is 216 g/mol. The standard InChI is InChI=1S/C10H11BrO/c1-7-4-3-5-9(8(7)2)10(11)6-12/h3-6,10H,1-2H3. The van der Waals surface area contributed by atoms with Crippen molar-refractivity contribution in [1.82, 2.24) is 0 Å². The summed E-state index contributed by atoms with van der Waals surface area (Å²) in [5.41, 5.74) is 3.47. The molecule has 0 aliphatic rings. The average Bonchev–Trinajstić information content (AvgIpc) is 2.08. The molecule has 1 nitrogen and oxygen atoms in total. The predicted molar refractivity (Wildman–Crippen MR) is 53.6 cm³/mol. The maximum absolute atomic E-state index is 10.5. The molecule has 0 aliphatic heterocycles. The summed E-state index contributed by atoms with van der Waals surface area (Å²) in [5, 5.41) is 0. The fraction of sp³-hybridized carbons (Fsp3) is 0.300. The third kappa shape index (κ3) is 1.75. The number of rotatable bonds is 2. The molecule has 0 aromatic heterocycles. The minimum absolute atomic E-state index is 0.169. The van der Waals surface area contributed by atoms with Crippen molar-refractivity contribution < 1.29 is 4.79 Å². The van der Waals surface area contributed by atoms with Gasteiger partial charge in [0.2, 0.25) is 0 Å². The lowest BCUT2D eigenvalue weighted by Gasteiger charge is -2.08. The molecule has 0 spiro atoms. The van der Waals surface area contributed by atoms with Crippen LogP contribution in [0.5, 0.6) is 0 Å². The second-order valence-electron chi connectivity index (χ2n) is 2.83. The van der Waals surface area contributed by atoms with Gasteiger partial charge >= 0.3 is 0 Å². The van der Waals surface area contributed by atoms with Crippen LogP contribution in [0.4, 0.5) is 0 Å². The number of carbonyl (C=O) groups is 1. The highest BCUT2D eigenvalue weighted by Gasteiger charge is 2.08. The van der Waals surface area contributed by atoms with Gasteiger partial charge in [0.1, 0.15) is 6.29 Å². The number of benzene rings is 1. The van der Waals surface area contributed by atoms with Crippen LogP contribution in [0.3, 0.4) is 0 Å². The summed E-state index contributed by atoms with van der Waals surface area (Å²) in [5.74, 6) is 0. The Bertz CT molecular complexity index is 294. The van der Waals surface area contributed by atoms with Gasteiger partial charge in [-0.15, -0.1) is 0 Å². The van der Waals surface area contributed by atoms with Crippen LogP contribution in [-0.2, 0) is 4.79 Å². The molecule has 2 heteroatoms. The van der Waals surface area contributed by atoms with Crippen LogP contribution in [0.1, 0.15) is 21.5 Å². The first-order valence-electron chi connectivity index (χ1n) is 3.82. The first-order valence-corrected chi connectivity index (χ1v) is 4.74. The van der Waals surface area contributed by atoms with Gasteiger partial charge in [0, 0.05) is 0 Å². The van der Waals surface area contributed by atoms with Gasteiger partial charge in [-0.2, -0.15) is 0 Å². The monoisotopic (exact) mass is 226 g/mol. The van der Waals surface area contributed by atoms with Crippen molar-refractivity contribution in [3.05, 3.63) is 34.9 Å². The zero-order valence-electron chi connectivity index (χ0n) is 7.17. The summed E-state index contributed by atoms with van der Waals surface area (Å²) in [6.45, 7) is 4.08. The van der Waals surface area contributed by atoms with E-state index in [2.05, 4.69) is 15.9 Å². The lowest BCUT2D eigenvalue weighted by atomic mass is 10.0. The number of hydrogen-bond acceptors (Lipinski definition) is 1. The maximum atomic E-state index is 10.5. The Balaban J connectivity index is 3.15. The highest BCUT2D eigenvalue weighted by Crippen LogP contribution is 2.25. The van der Waals surface area contributed by atoms with Crippen LogP contribution in [0.2, 0.25) is 0 Å². The van der Waals surface area contributed by atoms with Crippen LogP contribution in [0.25, 0.3) is 0 Å². The summed E-state index contributed by atoms with van der Waals surface area (Å²) < 4.78 is 0. The zero-order chi connectivity index (χ0) is 9.14. The Labute approximate surface area is 80.9 Å². The minimum atomic E-state index is -0.169. The molecule has 0 aliphatic carbocycles. The first kappa shape index (κ1) is 9.46. The predicted octanol–water partition coefficient (Wildman–Crippen LogP) is 2.94. The Kier molecular flexibility index (Phi) is 3.04. The molecule has 1 aromatic rings. The highest BCUT2D eigenvalue weighted by molar-refractivity contribution is 9.09. The molecule has 0 saturated heterocycles. The van der Waals surface area contributed by atoms with Crippen molar-refractivity contribution in [2.24, 2.45) is 0 Å². The fourth-order valence-electron chi connectivity index (χ4n) is 1.15. The van der Waals surface area contributed by atoms with E-state index in [9.17, 15) is 4.79 Å². The normalized spacial score (nSPS) is 12.6. The van der Waals surface area contributed by atoms with Gasteiger partial charge in [-0.25, -0.2) is 0 Å². The molecule has 0 N–H and O–H groups in total. The van der Waals surface area contributed by atoms with E-state index in [0.717, 1.165) is 11.8 Å². The summed E-state index contributed by atoms with van der Waals surface area (Å²) in [7, 11) is 0. The smallest absolute Gasteiger partial charge is 0.138 e. The van der Waals surface area contributed by atoms with Crippen LogP contribution in [-0.4, -0.2) is 6.29 Å². The van der Waals surface area contributed by atoms with Crippen molar-refractivity contribution >= 4 is 22.2 Å². The lowest BCUT2D eigenvalue weighted by molar-refractivity contribution is -0.107. The molecular formula is C10H11BrO. The van der Waals surface area contributed by atoms with E-state index in [1.807, 2.05) is 32.0 Å². The molecule has 1 atom stereocenters. The number of hydrogen-bond donors (Lipinski definition) is 0. The average molecular weight is 227 g/mol. The van der Waals surface area contributed by atoms with E-state index in [0.29, 0.717) is 0 Å². The van der Waals surface area contributed by atoms with Gasteiger partial charge in [0.15, 0.2) is 0 Å². The summed E-state index contributed by atoms with van der Waals surface area (Å²) in [6.07, 6.45) is 0.905. The number of halogens is 1. The lowest BCUT2D eigenvalue weighted by Crippen LogP contribution is -1.95. The highest BCUT2D eigenvalue weighted by atomic mass is 79.9. The maximum Gasteiger partial charge on any atom is 0.138 e. The Morgan fingerprint density at radius 3 is 2.67 bits per heavy atom. The van der Waals surface area contributed by atoms with Crippen LogP contribution in [0.15, 0.2) is 18.2 Å². The largest absolute Gasteiger partial charge is 0.302 e. The quantitative estimate of drug-likeness (QED) is 0.560. The summed E-state index contributed by atoms with van der Waals surface area (Å²) >= 11 is 3.30. The van der Waals surface area contributed by atoms with E-state index >= 15 is 0 Å². The van der Waals surface area contributed by atoms with E-state index in [1.54, 1.807) is 0 Å². The fourth-order valence-corrected chi connectivity index (χ4v) is 1.64. The van der Waals surface area contributed by atoms with E-state index in [-0.39, 0.29) is 4.83 Å². The zero-order valence-corrected chi connectivity index (χ0v) is 8.76. The molecule has 0 fully saturated rings. The second-order valence-corrected chi connectivity index (χ2v) is 3.81. The van der Waals surface area contributed by atoms with Gasteiger partial charge in [-0.05, 0) is 30.5 Å². The van der Waals surface area contributed by atoms with Gasteiger partial charge in [0.05, 0.1) is 4.83 Å². The molecule has 0 radical (unpaired) electrons. The van der Waals surface area contributed by atoms with Crippen molar-refractivity contribution in [2.45, 2.75) is 18.7 Å². The first-order chi connectivity index (χ1) is 5.66. The molecule has 1 rings (SSSR count). The molecule has 0 amide bonds. The number of aldehydes is 1. The van der Waals surface area contributed by atoms with Gasteiger partial charge in [0.25, 0.3) is 0 Å². The SMILES string of the molecule is Cc1cccc(C(Br)C=O)c1C. The Morgan fingerprint density at radius 1 is 1.42 bits per heavy atom. The van der Waals surface area contributed by atoms with E-state index < -0.39 is 0 Å². The van der Waals surface area contributed by atoms with Crippen molar-refractivity contribution in [2.75, 3.05) is 0 Å². The molecule has 12 heavy (non-hydrogen) atoms.